The van der Waals surface area contributed by atoms with Crippen molar-refractivity contribution in [2.24, 2.45) is 0 Å². The lowest BCUT2D eigenvalue weighted by atomic mass is 10.2. The highest BCUT2D eigenvalue weighted by Gasteiger charge is 2.13. The Bertz CT molecular complexity index is 587. The van der Waals surface area contributed by atoms with E-state index in [-0.39, 0.29) is 17.5 Å². The number of aryl methyl sites for hydroxylation is 1. The van der Waals surface area contributed by atoms with E-state index in [0.29, 0.717) is 19.4 Å². The van der Waals surface area contributed by atoms with Gasteiger partial charge in [0.2, 0.25) is 0 Å². The molecule has 1 rings (SSSR count). The number of rotatable bonds is 9. The van der Waals surface area contributed by atoms with Crippen LogP contribution in [-0.2, 0) is 23.8 Å². The summed E-state index contributed by atoms with van der Waals surface area (Å²) >= 11 is 0. The first-order valence-corrected chi connectivity index (χ1v) is 8.66. The summed E-state index contributed by atoms with van der Waals surface area (Å²) in [6.45, 7) is 4.12. The van der Waals surface area contributed by atoms with Crippen LogP contribution in [0.2, 0.25) is 0 Å². The summed E-state index contributed by atoms with van der Waals surface area (Å²) in [6, 6.07) is 6.53. The molecule has 22 heavy (non-hydrogen) atoms. The molecule has 0 aliphatic rings. The Labute approximate surface area is 132 Å². The average molecular weight is 326 g/mol. The van der Waals surface area contributed by atoms with Gasteiger partial charge in [-0.15, -0.1) is 0 Å². The van der Waals surface area contributed by atoms with E-state index in [9.17, 15) is 13.2 Å². The molecule has 0 atom stereocenters. The van der Waals surface area contributed by atoms with E-state index in [2.05, 4.69) is 0 Å². The third kappa shape index (κ3) is 6.87. The number of benzene rings is 1. The highest BCUT2D eigenvalue weighted by molar-refractivity contribution is 7.86. The van der Waals surface area contributed by atoms with Crippen LogP contribution in [0.5, 0.6) is 0 Å². The van der Waals surface area contributed by atoms with Gasteiger partial charge in [0.15, 0.2) is 0 Å². The van der Waals surface area contributed by atoms with Crippen molar-refractivity contribution in [1.82, 2.24) is 0 Å². The van der Waals surface area contributed by atoms with Crippen molar-refractivity contribution in [3.63, 3.8) is 0 Å². The predicted molar refractivity (Wildman–Crippen MR) is 83.9 cm³/mol. The normalized spacial score (nSPS) is 11.7. The third-order valence-electron chi connectivity index (χ3n) is 2.85. The fraction of sp³-hybridized carbons (Fsp3) is 0.438. The van der Waals surface area contributed by atoms with Gasteiger partial charge in [-0.2, -0.15) is 8.42 Å². The van der Waals surface area contributed by atoms with Crippen LogP contribution in [0.15, 0.2) is 41.3 Å². The van der Waals surface area contributed by atoms with E-state index in [1.54, 1.807) is 25.1 Å². The molecule has 0 aliphatic carbocycles. The average Bonchev–Trinajstić information content (AvgIpc) is 2.47. The molecule has 1 aromatic carbocycles. The van der Waals surface area contributed by atoms with Gasteiger partial charge in [-0.25, -0.2) is 4.79 Å². The lowest BCUT2D eigenvalue weighted by molar-refractivity contribution is -0.137. The van der Waals surface area contributed by atoms with Crippen molar-refractivity contribution in [1.29, 1.82) is 0 Å². The molecule has 0 amide bonds. The zero-order valence-corrected chi connectivity index (χ0v) is 13.8. The minimum Gasteiger partial charge on any atom is -0.463 e. The van der Waals surface area contributed by atoms with Crippen molar-refractivity contribution in [2.75, 3.05) is 13.2 Å². The molecule has 1 aromatic rings. The number of carbonyl (C=O) groups excluding carboxylic acids is 1. The zero-order chi connectivity index (χ0) is 16.4. The summed E-state index contributed by atoms with van der Waals surface area (Å²) in [6.07, 6.45) is 5.10. The number of ether oxygens (including phenoxy) is 1. The molecule has 0 saturated heterocycles. The lowest BCUT2D eigenvalue weighted by Gasteiger charge is -2.05. The van der Waals surface area contributed by atoms with Crippen LogP contribution in [0.4, 0.5) is 0 Å². The van der Waals surface area contributed by atoms with E-state index in [0.717, 1.165) is 12.0 Å². The highest BCUT2D eigenvalue weighted by atomic mass is 32.2. The van der Waals surface area contributed by atoms with Crippen molar-refractivity contribution < 1.29 is 22.1 Å². The standard InChI is InChI=1S/C16H22O5S/c1-3-20-16(17)8-6-4-5-7-13-21-22(18,19)15-11-9-14(2)10-12-15/h6,8-12H,3-5,7,13H2,1-2H3/b8-6-. The highest BCUT2D eigenvalue weighted by Crippen LogP contribution is 2.13. The molecule has 122 valence electrons. The number of hydrogen-bond acceptors (Lipinski definition) is 5. The Morgan fingerprint density at radius 1 is 1.18 bits per heavy atom. The van der Waals surface area contributed by atoms with Gasteiger partial charge in [0.05, 0.1) is 18.1 Å². The first-order valence-electron chi connectivity index (χ1n) is 7.25. The predicted octanol–water partition coefficient (Wildman–Crippen LogP) is 2.99. The summed E-state index contributed by atoms with van der Waals surface area (Å²) in [5, 5.41) is 0. The quantitative estimate of drug-likeness (QED) is 0.302. The molecule has 0 N–H and O–H groups in total. The van der Waals surface area contributed by atoms with Gasteiger partial charge >= 0.3 is 5.97 Å². The van der Waals surface area contributed by atoms with Gasteiger partial charge < -0.3 is 4.74 Å². The van der Waals surface area contributed by atoms with Gasteiger partial charge in [-0.3, -0.25) is 4.18 Å². The molecule has 0 fully saturated rings. The molecule has 0 unspecified atom stereocenters. The minimum atomic E-state index is -3.68. The summed E-state index contributed by atoms with van der Waals surface area (Å²) in [5.41, 5.74) is 0.993. The largest absolute Gasteiger partial charge is 0.463 e. The van der Waals surface area contributed by atoms with Gasteiger partial charge in [0, 0.05) is 6.08 Å². The first kappa shape index (κ1) is 18.4. The Morgan fingerprint density at radius 3 is 2.50 bits per heavy atom. The van der Waals surface area contributed by atoms with Crippen LogP contribution < -0.4 is 0 Å². The molecule has 5 nitrogen and oxygen atoms in total. The number of esters is 1. The SMILES string of the molecule is CCOC(=O)/C=C\CCCCOS(=O)(=O)c1ccc(C)cc1. The molecule has 6 heteroatoms. The van der Waals surface area contributed by atoms with Crippen molar-refractivity contribution in [3.05, 3.63) is 42.0 Å². The fourth-order valence-corrected chi connectivity index (χ4v) is 2.62. The maximum atomic E-state index is 11.9. The smallest absolute Gasteiger partial charge is 0.330 e. The Balaban J connectivity index is 2.26. The van der Waals surface area contributed by atoms with E-state index in [1.807, 2.05) is 6.92 Å². The second-order valence-electron chi connectivity index (χ2n) is 4.74. The molecule has 0 saturated carbocycles. The van der Waals surface area contributed by atoms with Crippen LogP contribution in [0.25, 0.3) is 0 Å². The van der Waals surface area contributed by atoms with Gasteiger partial charge in [-0.05, 0) is 45.2 Å². The third-order valence-corrected chi connectivity index (χ3v) is 4.18. The maximum Gasteiger partial charge on any atom is 0.330 e. The van der Waals surface area contributed by atoms with Crippen molar-refractivity contribution in [2.45, 2.75) is 38.0 Å². The summed E-state index contributed by atoms with van der Waals surface area (Å²) < 4.78 is 33.5. The molecule has 0 heterocycles. The molecule has 0 radical (unpaired) electrons. The molecule has 0 bridgehead atoms. The summed E-state index contributed by atoms with van der Waals surface area (Å²) in [4.78, 5) is 11.2. The second-order valence-corrected chi connectivity index (χ2v) is 6.35. The number of unbranched alkanes of at least 4 members (excludes halogenated alkanes) is 2. The van der Waals surface area contributed by atoms with Crippen LogP contribution in [0.1, 0.15) is 31.7 Å². The minimum absolute atomic E-state index is 0.128. The number of hydrogen-bond donors (Lipinski definition) is 0. The summed E-state index contributed by atoms with van der Waals surface area (Å²) in [7, 11) is -3.68. The van der Waals surface area contributed by atoms with Crippen molar-refractivity contribution >= 4 is 16.1 Å². The van der Waals surface area contributed by atoms with Gasteiger partial charge in [0.25, 0.3) is 10.1 Å². The van der Waals surface area contributed by atoms with Crippen LogP contribution in [-0.4, -0.2) is 27.6 Å². The molecule has 0 aliphatic heterocycles. The lowest BCUT2D eigenvalue weighted by Crippen LogP contribution is -2.07. The van der Waals surface area contributed by atoms with Gasteiger partial charge in [0.1, 0.15) is 0 Å². The van der Waals surface area contributed by atoms with Crippen molar-refractivity contribution in [3.8, 4) is 0 Å². The molecule has 0 aromatic heterocycles. The van der Waals surface area contributed by atoms with E-state index >= 15 is 0 Å². The second kappa shape index (κ2) is 9.38. The Hall–Kier alpha value is -1.66. The number of carbonyl (C=O) groups is 1. The zero-order valence-electron chi connectivity index (χ0n) is 12.9. The van der Waals surface area contributed by atoms with Crippen LogP contribution in [0, 0.1) is 6.92 Å². The topological polar surface area (TPSA) is 69.7 Å². The fourth-order valence-electron chi connectivity index (χ4n) is 1.68. The monoisotopic (exact) mass is 326 g/mol. The molecular formula is C16H22O5S. The van der Waals surface area contributed by atoms with Gasteiger partial charge in [-0.1, -0.05) is 23.8 Å². The van der Waals surface area contributed by atoms with Crippen LogP contribution in [0.3, 0.4) is 0 Å². The molecular weight excluding hydrogens is 304 g/mol. The van der Waals surface area contributed by atoms with E-state index in [1.165, 1.54) is 18.2 Å². The van der Waals surface area contributed by atoms with E-state index < -0.39 is 10.1 Å². The van der Waals surface area contributed by atoms with E-state index in [4.69, 9.17) is 8.92 Å². The molecule has 0 spiro atoms. The first-order chi connectivity index (χ1) is 10.5. The van der Waals surface area contributed by atoms with Crippen LogP contribution >= 0.6 is 0 Å². The maximum absolute atomic E-state index is 11.9. The summed E-state index contributed by atoms with van der Waals surface area (Å²) in [5.74, 6) is -0.360. The Morgan fingerprint density at radius 2 is 1.86 bits per heavy atom. The Kier molecular flexibility index (Phi) is 7.84. The number of allylic oxidation sites excluding steroid dienone is 1.